The zero-order valence-electron chi connectivity index (χ0n) is 10.7. The molecule has 0 radical (unpaired) electrons. The maximum absolute atomic E-state index is 11.9. The Morgan fingerprint density at radius 2 is 1.76 bits per heavy atom. The van der Waals surface area contributed by atoms with Crippen LogP contribution in [-0.2, 0) is 4.79 Å². The maximum Gasteiger partial charge on any atom is 0.222 e. The largest absolute Gasteiger partial charge is 0.343 e. The van der Waals surface area contributed by atoms with Crippen LogP contribution in [0.25, 0.3) is 0 Å². The molecule has 0 aromatic heterocycles. The molecular weight excluding hydrogens is 214 g/mol. The molecule has 2 aliphatic rings. The van der Waals surface area contributed by atoms with Crippen LogP contribution in [0, 0.1) is 0 Å². The van der Waals surface area contributed by atoms with Crippen LogP contribution in [0.5, 0.6) is 0 Å². The lowest BCUT2D eigenvalue weighted by Gasteiger charge is -2.30. The van der Waals surface area contributed by atoms with Crippen molar-refractivity contribution in [2.45, 2.75) is 44.6 Å². The van der Waals surface area contributed by atoms with Crippen LogP contribution in [0.2, 0.25) is 0 Å². The second kappa shape index (κ2) is 6.36. The van der Waals surface area contributed by atoms with Gasteiger partial charge in [0, 0.05) is 25.6 Å². The number of rotatable bonds is 4. The third-order valence-electron chi connectivity index (χ3n) is 3.96. The number of nitrogens with two attached hydrogens (primary N) is 1. The predicted molar refractivity (Wildman–Crippen MR) is 68.7 cm³/mol. The molecular formula is C13H25N3O. The standard InChI is InChI=1S/C13H25N3O/c14-12-5-10-16(11-6-12)13(17)4-3-9-15-7-1-2-8-15/h12H,1-11,14H2. The van der Waals surface area contributed by atoms with Gasteiger partial charge < -0.3 is 15.5 Å². The van der Waals surface area contributed by atoms with Gasteiger partial charge in [0.1, 0.15) is 0 Å². The van der Waals surface area contributed by atoms with Crippen LogP contribution in [0.3, 0.4) is 0 Å². The summed E-state index contributed by atoms with van der Waals surface area (Å²) in [6, 6.07) is 0.309. The monoisotopic (exact) mass is 239 g/mol. The highest BCUT2D eigenvalue weighted by Gasteiger charge is 2.20. The Morgan fingerprint density at radius 3 is 2.41 bits per heavy atom. The highest BCUT2D eigenvalue weighted by Crippen LogP contribution is 2.12. The summed E-state index contributed by atoms with van der Waals surface area (Å²) in [7, 11) is 0. The molecule has 0 saturated carbocycles. The minimum atomic E-state index is 0.309. The van der Waals surface area contributed by atoms with Crippen LogP contribution in [0.4, 0.5) is 0 Å². The zero-order chi connectivity index (χ0) is 12.1. The molecule has 0 atom stereocenters. The van der Waals surface area contributed by atoms with Gasteiger partial charge in [0.2, 0.25) is 5.91 Å². The Bertz CT molecular complexity index is 243. The van der Waals surface area contributed by atoms with Crippen molar-refractivity contribution in [2.75, 3.05) is 32.7 Å². The van der Waals surface area contributed by atoms with Crippen LogP contribution in [-0.4, -0.2) is 54.5 Å². The molecule has 0 spiro atoms. The Hall–Kier alpha value is -0.610. The van der Waals surface area contributed by atoms with Gasteiger partial charge in [-0.3, -0.25) is 4.79 Å². The summed E-state index contributed by atoms with van der Waals surface area (Å²) in [5.74, 6) is 0.330. The molecule has 0 aromatic carbocycles. The summed E-state index contributed by atoms with van der Waals surface area (Å²) in [6.07, 6.45) is 6.33. The van der Waals surface area contributed by atoms with E-state index in [1.807, 2.05) is 4.90 Å². The van der Waals surface area contributed by atoms with Crippen molar-refractivity contribution < 1.29 is 4.79 Å². The summed E-state index contributed by atoms with van der Waals surface area (Å²) in [6.45, 7) is 5.28. The molecule has 2 N–H and O–H groups in total. The average molecular weight is 239 g/mol. The molecule has 2 rings (SSSR count). The van der Waals surface area contributed by atoms with Crippen molar-refractivity contribution in [3.05, 3.63) is 0 Å². The second-order valence-electron chi connectivity index (χ2n) is 5.37. The van der Waals surface area contributed by atoms with E-state index in [0.29, 0.717) is 18.4 Å². The van der Waals surface area contributed by atoms with E-state index in [1.54, 1.807) is 0 Å². The molecule has 2 heterocycles. The second-order valence-corrected chi connectivity index (χ2v) is 5.37. The van der Waals surface area contributed by atoms with Gasteiger partial charge in [0.05, 0.1) is 0 Å². The number of carbonyl (C=O) groups is 1. The third-order valence-corrected chi connectivity index (χ3v) is 3.96. The predicted octanol–water partition coefficient (Wildman–Crippen LogP) is 0.812. The Labute approximate surface area is 104 Å². The highest BCUT2D eigenvalue weighted by atomic mass is 16.2. The Balaban J connectivity index is 1.60. The minimum Gasteiger partial charge on any atom is -0.343 e. The number of hydrogen-bond donors (Lipinski definition) is 1. The number of nitrogens with zero attached hydrogens (tertiary/aromatic N) is 2. The maximum atomic E-state index is 11.9. The van der Waals surface area contributed by atoms with E-state index in [4.69, 9.17) is 5.73 Å². The average Bonchev–Trinajstić information content (AvgIpc) is 2.83. The van der Waals surface area contributed by atoms with Crippen molar-refractivity contribution in [2.24, 2.45) is 5.73 Å². The van der Waals surface area contributed by atoms with Gasteiger partial charge >= 0.3 is 0 Å². The van der Waals surface area contributed by atoms with E-state index >= 15 is 0 Å². The van der Waals surface area contributed by atoms with Gasteiger partial charge in [-0.2, -0.15) is 0 Å². The van der Waals surface area contributed by atoms with E-state index < -0.39 is 0 Å². The Kier molecular flexibility index (Phi) is 4.80. The first-order valence-corrected chi connectivity index (χ1v) is 7.01. The number of amides is 1. The molecule has 0 unspecified atom stereocenters. The molecule has 2 saturated heterocycles. The Morgan fingerprint density at radius 1 is 1.12 bits per heavy atom. The van der Waals surface area contributed by atoms with Crippen molar-refractivity contribution in [1.82, 2.24) is 9.80 Å². The van der Waals surface area contributed by atoms with E-state index in [9.17, 15) is 4.79 Å². The fourth-order valence-electron chi connectivity index (χ4n) is 2.77. The van der Waals surface area contributed by atoms with Crippen LogP contribution in [0.1, 0.15) is 38.5 Å². The topological polar surface area (TPSA) is 49.6 Å². The van der Waals surface area contributed by atoms with Crippen molar-refractivity contribution in [3.63, 3.8) is 0 Å². The van der Waals surface area contributed by atoms with Gasteiger partial charge in [0.25, 0.3) is 0 Å². The van der Waals surface area contributed by atoms with E-state index in [0.717, 1.165) is 38.9 Å². The lowest BCUT2D eigenvalue weighted by Crippen LogP contribution is -2.42. The van der Waals surface area contributed by atoms with Crippen molar-refractivity contribution in [1.29, 1.82) is 0 Å². The number of piperidine rings is 1. The molecule has 4 nitrogen and oxygen atoms in total. The molecule has 98 valence electrons. The van der Waals surface area contributed by atoms with Gasteiger partial charge in [-0.05, 0) is 51.7 Å². The summed E-state index contributed by atoms with van der Waals surface area (Å²) in [5, 5.41) is 0. The lowest BCUT2D eigenvalue weighted by molar-refractivity contribution is -0.132. The molecule has 1 amide bonds. The first-order valence-electron chi connectivity index (χ1n) is 7.01. The van der Waals surface area contributed by atoms with Gasteiger partial charge in [-0.15, -0.1) is 0 Å². The van der Waals surface area contributed by atoms with Crippen LogP contribution >= 0.6 is 0 Å². The van der Waals surface area contributed by atoms with Gasteiger partial charge in [0.15, 0.2) is 0 Å². The molecule has 0 aliphatic carbocycles. The van der Waals surface area contributed by atoms with Crippen molar-refractivity contribution in [3.8, 4) is 0 Å². The number of likely N-dealkylation sites (tertiary alicyclic amines) is 2. The normalized spacial score (nSPS) is 23.2. The summed E-state index contributed by atoms with van der Waals surface area (Å²) in [4.78, 5) is 16.4. The third kappa shape index (κ3) is 3.96. The smallest absolute Gasteiger partial charge is 0.222 e. The molecule has 2 aliphatic heterocycles. The SMILES string of the molecule is NC1CCN(C(=O)CCCN2CCCC2)CC1. The molecule has 2 fully saturated rings. The molecule has 0 bridgehead atoms. The summed E-state index contributed by atoms with van der Waals surface area (Å²) >= 11 is 0. The fourth-order valence-corrected chi connectivity index (χ4v) is 2.77. The summed E-state index contributed by atoms with van der Waals surface area (Å²) < 4.78 is 0. The fraction of sp³-hybridized carbons (Fsp3) is 0.923. The number of hydrogen-bond acceptors (Lipinski definition) is 3. The van der Waals surface area contributed by atoms with Crippen LogP contribution < -0.4 is 5.73 Å². The van der Waals surface area contributed by atoms with Gasteiger partial charge in [-0.25, -0.2) is 0 Å². The number of carbonyl (C=O) groups excluding carboxylic acids is 1. The molecule has 17 heavy (non-hydrogen) atoms. The van der Waals surface area contributed by atoms with E-state index in [2.05, 4.69) is 4.90 Å². The molecule has 0 aromatic rings. The summed E-state index contributed by atoms with van der Waals surface area (Å²) in [5.41, 5.74) is 5.84. The van der Waals surface area contributed by atoms with E-state index in [-0.39, 0.29) is 0 Å². The molecule has 4 heteroatoms. The first kappa shape index (κ1) is 12.8. The van der Waals surface area contributed by atoms with Crippen LogP contribution in [0.15, 0.2) is 0 Å². The van der Waals surface area contributed by atoms with Crippen molar-refractivity contribution >= 4 is 5.91 Å². The first-order chi connectivity index (χ1) is 8.25. The zero-order valence-corrected chi connectivity index (χ0v) is 10.7. The van der Waals surface area contributed by atoms with Gasteiger partial charge in [-0.1, -0.05) is 0 Å². The van der Waals surface area contributed by atoms with E-state index in [1.165, 1.54) is 25.9 Å². The lowest BCUT2D eigenvalue weighted by atomic mass is 10.1. The minimum absolute atomic E-state index is 0.309. The highest BCUT2D eigenvalue weighted by molar-refractivity contribution is 5.76. The quantitative estimate of drug-likeness (QED) is 0.790.